The zero-order valence-electron chi connectivity index (χ0n) is 12.1. The number of carbonyl (C=O) groups excluding carboxylic acids is 1. The molecule has 22 heavy (non-hydrogen) atoms. The molecule has 0 heterocycles. The van der Waals surface area contributed by atoms with Crippen LogP contribution in [0.5, 0.6) is 5.75 Å². The highest BCUT2D eigenvalue weighted by Crippen LogP contribution is 2.32. The van der Waals surface area contributed by atoms with Crippen LogP contribution in [0.3, 0.4) is 0 Å². The van der Waals surface area contributed by atoms with Gasteiger partial charge in [-0.3, -0.25) is 9.10 Å². The first kappa shape index (κ1) is 16.0. The predicted octanol–water partition coefficient (Wildman–Crippen LogP) is 2.56. The van der Waals surface area contributed by atoms with E-state index in [0.717, 1.165) is 0 Å². The minimum absolute atomic E-state index is 0.391. The Balaban J connectivity index is 2.36. The summed E-state index contributed by atoms with van der Waals surface area (Å²) in [6.45, 7) is 0. The molecule has 2 rings (SSSR count). The van der Waals surface area contributed by atoms with Gasteiger partial charge in [-0.2, -0.15) is 0 Å². The van der Waals surface area contributed by atoms with E-state index >= 15 is 0 Å². The number of nitrogens with one attached hydrogen (secondary N) is 1. The van der Waals surface area contributed by atoms with E-state index in [1.54, 1.807) is 25.2 Å². The predicted molar refractivity (Wildman–Crippen MR) is 83.9 cm³/mol. The molecule has 0 spiro atoms. The highest BCUT2D eigenvalue weighted by atomic mass is 32.2. The fourth-order valence-corrected chi connectivity index (χ4v) is 2.90. The summed E-state index contributed by atoms with van der Waals surface area (Å²) in [4.78, 5) is 11.0. The molecule has 7 heteroatoms. The molecule has 1 amide bonds. The third-order valence-corrected chi connectivity index (χ3v) is 4.38. The van der Waals surface area contributed by atoms with Gasteiger partial charge in [-0.25, -0.2) is 8.60 Å². The molecule has 0 bridgehead atoms. The van der Waals surface area contributed by atoms with Crippen LogP contribution in [0.15, 0.2) is 47.4 Å². The van der Waals surface area contributed by atoms with Crippen LogP contribution in [0, 0.1) is 5.82 Å². The molecule has 0 radical (unpaired) electrons. The molecule has 0 fully saturated rings. The van der Waals surface area contributed by atoms with Crippen molar-refractivity contribution in [2.45, 2.75) is 4.90 Å². The minimum Gasteiger partial charge on any atom is -0.495 e. The SMILES string of the molecule is COc1ccc(NC=O)cc1N(C)S(=O)c1ccc(F)cc1. The van der Waals surface area contributed by atoms with Gasteiger partial charge >= 0.3 is 0 Å². The molecule has 1 N–H and O–H groups in total. The van der Waals surface area contributed by atoms with E-state index in [4.69, 9.17) is 4.74 Å². The quantitative estimate of drug-likeness (QED) is 0.832. The molecule has 0 aromatic heterocycles. The van der Waals surface area contributed by atoms with E-state index in [2.05, 4.69) is 5.32 Å². The van der Waals surface area contributed by atoms with Gasteiger partial charge < -0.3 is 10.1 Å². The molecule has 5 nitrogen and oxygen atoms in total. The Morgan fingerprint density at radius 1 is 1.23 bits per heavy atom. The monoisotopic (exact) mass is 322 g/mol. The van der Waals surface area contributed by atoms with E-state index in [1.165, 1.54) is 35.7 Å². The summed E-state index contributed by atoms with van der Waals surface area (Å²) in [7, 11) is 1.59. The lowest BCUT2D eigenvalue weighted by atomic mass is 10.2. The molecular weight excluding hydrogens is 307 g/mol. The van der Waals surface area contributed by atoms with Gasteiger partial charge in [-0.1, -0.05) is 0 Å². The summed E-state index contributed by atoms with van der Waals surface area (Å²) in [6, 6.07) is 10.4. The average Bonchev–Trinajstić information content (AvgIpc) is 2.54. The van der Waals surface area contributed by atoms with Gasteiger partial charge in [-0.05, 0) is 42.5 Å². The van der Waals surface area contributed by atoms with Gasteiger partial charge in [0.1, 0.15) is 11.6 Å². The first-order valence-corrected chi connectivity index (χ1v) is 7.47. The second-order valence-corrected chi connectivity index (χ2v) is 5.87. The lowest BCUT2D eigenvalue weighted by molar-refractivity contribution is -0.105. The summed E-state index contributed by atoms with van der Waals surface area (Å²) >= 11 is 0. The lowest BCUT2D eigenvalue weighted by Gasteiger charge is -2.21. The summed E-state index contributed by atoms with van der Waals surface area (Å²) < 4.78 is 32.3. The third kappa shape index (κ3) is 3.43. The minimum atomic E-state index is -1.54. The second-order valence-electron chi connectivity index (χ2n) is 4.35. The van der Waals surface area contributed by atoms with E-state index in [-0.39, 0.29) is 0 Å². The maximum absolute atomic E-state index is 13.0. The summed E-state index contributed by atoms with van der Waals surface area (Å²) in [5, 5.41) is 2.53. The number of halogens is 1. The van der Waals surface area contributed by atoms with Crippen LogP contribution in [0.1, 0.15) is 0 Å². The number of carbonyl (C=O) groups is 1. The van der Waals surface area contributed by atoms with Crippen molar-refractivity contribution in [3.05, 3.63) is 48.3 Å². The zero-order valence-corrected chi connectivity index (χ0v) is 12.9. The maximum Gasteiger partial charge on any atom is 0.211 e. The van der Waals surface area contributed by atoms with Crippen molar-refractivity contribution in [2.24, 2.45) is 0 Å². The summed E-state index contributed by atoms with van der Waals surface area (Å²) in [5.41, 5.74) is 1.09. The van der Waals surface area contributed by atoms with Crippen LogP contribution in [0.25, 0.3) is 0 Å². The molecular formula is C15H15FN2O3S. The Labute approximate surface area is 130 Å². The van der Waals surface area contributed by atoms with Crippen molar-refractivity contribution in [1.82, 2.24) is 0 Å². The van der Waals surface area contributed by atoms with Gasteiger partial charge in [0.25, 0.3) is 0 Å². The largest absolute Gasteiger partial charge is 0.495 e. The first-order chi connectivity index (χ1) is 10.6. The number of hydrogen-bond acceptors (Lipinski definition) is 3. The molecule has 0 aliphatic carbocycles. The highest BCUT2D eigenvalue weighted by Gasteiger charge is 2.16. The van der Waals surface area contributed by atoms with Crippen LogP contribution in [-0.4, -0.2) is 24.8 Å². The number of ether oxygens (including phenoxy) is 1. The van der Waals surface area contributed by atoms with Crippen LogP contribution >= 0.6 is 0 Å². The maximum atomic E-state index is 13.0. The number of rotatable bonds is 6. The summed E-state index contributed by atoms with van der Waals surface area (Å²) in [6.07, 6.45) is 0.558. The number of hydrogen-bond donors (Lipinski definition) is 1. The van der Waals surface area contributed by atoms with E-state index in [1.807, 2.05) is 0 Å². The Morgan fingerprint density at radius 3 is 2.50 bits per heavy atom. The smallest absolute Gasteiger partial charge is 0.211 e. The molecule has 1 atom stereocenters. The molecule has 2 aromatic rings. The fourth-order valence-electron chi connectivity index (χ4n) is 1.89. The van der Waals surface area contributed by atoms with Crippen molar-refractivity contribution in [2.75, 3.05) is 23.8 Å². The zero-order chi connectivity index (χ0) is 16.1. The van der Waals surface area contributed by atoms with E-state index < -0.39 is 16.8 Å². The van der Waals surface area contributed by atoms with Gasteiger partial charge in [0.2, 0.25) is 6.41 Å². The standard InChI is InChI=1S/C15H15FN2O3S/c1-18(22(20)13-6-3-11(16)4-7-13)14-9-12(17-10-19)5-8-15(14)21-2/h3-10H,1-2H3,(H,17,19). The molecule has 0 aliphatic rings. The molecule has 1 unspecified atom stereocenters. The number of benzene rings is 2. The molecule has 0 saturated heterocycles. The molecule has 116 valence electrons. The number of nitrogens with zero attached hydrogens (tertiary/aromatic N) is 1. The second kappa shape index (κ2) is 7.04. The molecule has 0 aliphatic heterocycles. The van der Waals surface area contributed by atoms with Crippen molar-refractivity contribution in [3.63, 3.8) is 0 Å². The van der Waals surface area contributed by atoms with Crippen LogP contribution in [0.4, 0.5) is 15.8 Å². The van der Waals surface area contributed by atoms with Gasteiger partial charge in [0, 0.05) is 12.7 Å². The number of amides is 1. The van der Waals surface area contributed by atoms with Crippen LogP contribution < -0.4 is 14.4 Å². The van der Waals surface area contributed by atoms with Crippen molar-refractivity contribution >= 4 is 28.8 Å². The van der Waals surface area contributed by atoms with Crippen LogP contribution in [-0.2, 0) is 15.8 Å². The van der Waals surface area contributed by atoms with E-state index in [0.29, 0.717) is 28.4 Å². The normalized spacial score (nSPS) is 11.6. The Kier molecular flexibility index (Phi) is 5.11. The Bertz CT molecular complexity index is 692. The van der Waals surface area contributed by atoms with Crippen molar-refractivity contribution in [3.8, 4) is 5.75 Å². The molecule has 0 saturated carbocycles. The van der Waals surface area contributed by atoms with E-state index in [9.17, 15) is 13.4 Å². The number of methoxy groups -OCH3 is 1. The summed E-state index contributed by atoms with van der Waals surface area (Å²) in [5.74, 6) is 0.118. The third-order valence-electron chi connectivity index (χ3n) is 3.01. The van der Waals surface area contributed by atoms with Crippen molar-refractivity contribution < 1.29 is 18.1 Å². The Hall–Kier alpha value is -2.41. The molecule has 2 aromatic carbocycles. The lowest BCUT2D eigenvalue weighted by Crippen LogP contribution is -2.21. The van der Waals surface area contributed by atoms with Gasteiger partial charge in [-0.15, -0.1) is 0 Å². The average molecular weight is 322 g/mol. The van der Waals surface area contributed by atoms with Gasteiger partial charge in [0.15, 0.2) is 11.0 Å². The fraction of sp³-hybridized carbons (Fsp3) is 0.133. The van der Waals surface area contributed by atoms with Crippen LogP contribution in [0.2, 0.25) is 0 Å². The topological polar surface area (TPSA) is 58.6 Å². The number of anilines is 2. The van der Waals surface area contributed by atoms with Gasteiger partial charge in [0.05, 0.1) is 17.7 Å². The Morgan fingerprint density at radius 2 is 1.91 bits per heavy atom. The first-order valence-electron chi connectivity index (χ1n) is 6.36. The highest BCUT2D eigenvalue weighted by molar-refractivity contribution is 7.86. The van der Waals surface area contributed by atoms with Crippen molar-refractivity contribution in [1.29, 1.82) is 0 Å².